The van der Waals surface area contributed by atoms with Crippen molar-refractivity contribution in [3.05, 3.63) is 29.3 Å². The van der Waals surface area contributed by atoms with E-state index in [9.17, 15) is 18.0 Å². The quantitative estimate of drug-likeness (QED) is 0.852. The Balaban J connectivity index is 2.26. The maximum Gasteiger partial charge on any atom is 0.416 e. The third kappa shape index (κ3) is 3.64. The van der Waals surface area contributed by atoms with Crippen LogP contribution in [0.5, 0.6) is 0 Å². The van der Waals surface area contributed by atoms with Gasteiger partial charge in [0.05, 0.1) is 11.1 Å². The zero-order chi connectivity index (χ0) is 15.6. The van der Waals surface area contributed by atoms with Gasteiger partial charge >= 0.3 is 6.18 Å². The molecule has 0 aliphatic carbocycles. The van der Waals surface area contributed by atoms with E-state index >= 15 is 0 Å². The molecule has 0 radical (unpaired) electrons. The maximum absolute atomic E-state index is 12.8. The van der Waals surface area contributed by atoms with Crippen LogP contribution in [-0.4, -0.2) is 34.9 Å². The summed E-state index contributed by atoms with van der Waals surface area (Å²) in [5, 5.41) is 0.328. The number of carbonyl (C=O) groups excluding carboxylic acids is 1. The van der Waals surface area contributed by atoms with Crippen LogP contribution in [-0.2, 0) is 6.18 Å². The minimum absolute atomic E-state index is 0.0634. The second-order valence-electron chi connectivity index (χ2n) is 4.95. The molecule has 1 atom stereocenters. The van der Waals surface area contributed by atoms with E-state index in [0.29, 0.717) is 18.3 Å². The lowest BCUT2D eigenvalue weighted by Crippen LogP contribution is -2.42. The summed E-state index contributed by atoms with van der Waals surface area (Å²) in [6.45, 7) is 3.12. The molecule has 1 fully saturated rings. The first-order valence-corrected chi connectivity index (χ1v) is 7.75. The van der Waals surface area contributed by atoms with Crippen molar-refractivity contribution in [2.75, 3.05) is 24.6 Å². The Bertz CT molecular complexity index is 533. The number of benzene rings is 1. The first-order chi connectivity index (χ1) is 9.82. The molecule has 0 bridgehead atoms. The highest BCUT2D eigenvalue weighted by Crippen LogP contribution is 2.32. The Labute approximate surface area is 125 Å². The fourth-order valence-corrected chi connectivity index (χ4v) is 3.42. The summed E-state index contributed by atoms with van der Waals surface area (Å²) in [5.74, 6) is 0.376. The molecule has 1 aliphatic heterocycles. The van der Waals surface area contributed by atoms with Gasteiger partial charge in [-0.3, -0.25) is 4.79 Å². The number of hydrogen-bond acceptors (Lipinski definition) is 3. The van der Waals surface area contributed by atoms with Crippen molar-refractivity contribution < 1.29 is 18.0 Å². The van der Waals surface area contributed by atoms with E-state index in [2.05, 4.69) is 0 Å². The normalized spacial score (nSPS) is 19.6. The van der Waals surface area contributed by atoms with Crippen molar-refractivity contribution in [1.29, 1.82) is 0 Å². The van der Waals surface area contributed by atoms with Gasteiger partial charge in [-0.2, -0.15) is 24.9 Å². The van der Waals surface area contributed by atoms with Gasteiger partial charge in [-0.25, -0.2) is 0 Å². The third-order valence-electron chi connectivity index (χ3n) is 3.49. The molecule has 1 aromatic carbocycles. The largest absolute Gasteiger partial charge is 0.416 e. The van der Waals surface area contributed by atoms with E-state index in [1.165, 1.54) is 0 Å². The maximum atomic E-state index is 12.8. The summed E-state index contributed by atoms with van der Waals surface area (Å²) in [6.07, 6.45) is -3.56. The number of amides is 1. The summed E-state index contributed by atoms with van der Waals surface area (Å²) < 4.78 is 38.3. The number of nitrogen functional groups attached to an aromatic ring is 1. The molecular weight excluding hydrogens is 301 g/mol. The third-order valence-corrected chi connectivity index (χ3v) is 4.86. The Morgan fingerprint density at radius 3 is 2.81 bits per heavy atom. The van der Waals surface area contributed by atoms with Gasteiger partial charge in [-0.05, 0) is 24.6 Å². The van der Waals surface area contributed by atoms with E-state index in [0.717, 1.165) is 30.4 Å². The first kappa shape index (κ1) is 16.0. The molecule has 1 aliphatic rings. The number of rotatable bonds is 2. The summed E-state index contributed by atoms with van der Waals surface area (Å²) in [4.78, 5) is 14.0. The fraction of sp³-hybridized carbons (Fsp3) is 0.500. The van der Waals surface area contributed by atoms with Crippen LogP contribution < -0.4 is 5.73 Å². The number of carbonyl (C=O) groups is 1. The van der Waals surface area contributed by atoms with Crippen molar-refractivity contribution in [2.24, 2.45) is 0 Å². The van der Waals surface area contributed by atoms with Crippen molar-refractivity contribution >= 4 is 23.4 Å². The number of thioether (sulfide) groups is 1. The van der Waals surface area contributed by atoms with E-state index in [4.69, 9.17) is 5.73 Å². The van der Waals surface area contributed by atoms with E-state index in [-0.39, 0.29) is 11.3 Å². The van der Waals surface area contributed by atoms with Gasteiger partial charge in [0.2, 0.25) is 0 Å². The summed E-state index contributed by atoms with van der Waals surface area (Å²) >= 11 is 1.79. The van der Waals surface area contributed by atoms with Crippen LogP contribution in [0, 0.1) is 0 Å². The predicted octanol–water partition coefficient (Wildman–Crippen LogP) is 3.26. The van der Waals surface area contributed by atoms with Crippen LogP contribution in [0.1, 0.15) is 29.3 Å². The highest BCUT2D eigenvalue weighted by atomic mass is 32.2. The number of nitrogens with two attached hydrogens (primary N) is 1. The Kier molecular flexibility index (Phi) is 4.70. The highest BCUT2D eigenvalue weighted by Gasteiger charge is 2.32. The smallest absolute Gasteiger partial charge is 0.398 e. The zero-order valence-corrected chi connectivity index (χ0v) is 12.4. The molecule has 3 nitrogen and oxygen atoms in total. The predicted molar refractivity (Wildman–Crippen MR) is 78.3 cm³/mol. The first-order valence-electron chi connectivity index (χ1n) is 6.70. The number of alkyl halides is 3. The van der Waals surface area contributed by atoms with Crippen molar-refractivity contribution in [1.82, 2.24) is 4.90 Å². The summed E-state index contributed by atoms with van der Waals surface area (Å²) in [5.41, 5.74) is 4.86. The molecule has 21 heavy (non-hydrogen) atoms. The van der Waals surface area contributed by atoms with E-state index in [1.807, 2.05) is 6.92 Å². The zero-order valence-electron chi connectivity index (χ0n) is 11.6. The second-order valence-corrected chi connectivity index (χ2v) is 6.36. The van der Waals surface area contributed by atoms with Crippen LogP contribution in [0.3, 0.4) is 0 Å². The van der Waals surface area contributed by atoms with E-state index in [1.54, 1.807) is 16.7 Å². The number of anilines is 1. The van der Waals surface area contributed by atoms with Gasteiger partial charge in [0.1, 0.15) is 0 Å². The fourth-order valence-electron chi connectivity index (χ4n) is 2.24. The molecule has 1 unspecified atom stereocenters. The Morgan fingerprint density at radius 1 is 1.48 bits per heavy atom. The van der Waals surface area contributed by atoms with Crippen LogP contribution in [0.2, 0.25) is 0 Å². The molecule has 7 heteroatoms. The van der Waals surface area contributed by atoms with Gasteiger partial charge in [-0.1, -0.05) is 6.92 Å². The lowest BCUT2D eigenvalue weighted by molar-refractivity contribution is -0.137. The summed E-state index contributed by atoms with van der Waals surface area (Å²) in [7, 11) is 0. The number of halogens is 3. The molecule has 1 amide bonds. The molecule has 1 aromatic rings. The Morgan fingerprint density at radius 2 is 2.19 bits per heavy atom. The van der Waals surface area contributed by atoms with Crippen LogP contribution in [0.15, 0.2) is 18.2 Å². The van der Waals surface area contributed by atoms with Crippen molar-refractivity contribution in [2.45, 2.75) is 24.8 Å². The van der Waals surface area contributed by atoms with Crippen molar-refractivity contribution in [3.8, 4) is 0 Å². The average Bonchev–Trinajstić information content (AvgIpc) is 2.46. The highest BCUT2D eigenvalue weighted by molar-refractivity contribution is 8.00. The van der Waals surface area contributed by atoms with Crippen LogP contribution >= 0.6 is 11.8 Å². The molecule has 2 rings (SSSR count). The monoisotopic (exact) mass is 318 g/mol. The molecule has 0 spiro atoms. The number of hydrogen-bond donors (Lipinski definition) is 1. The molecule has 0 aromatic heterocycles. The van der Waals surface area contributed by atoms with Gasteiger partial charge < -0.3 is 10.6 Å². The topological polar surface area (TPSA) is 46.3 Å². The van der Waals surface area contributed by atoms with Crippen molar-refractivity contribution in [3.63, 3.8) is 0 Å². The van der Waals surface area contributed by atoms with Gasteiger partial charge in [0, 0.05) is 29.8 Å². The van der Waals surface area contributed by atoms with Gasteiger partial charge in [0.15, 0.2) is 0 Å². The Hall–Kier alpha value is -1.37. The number of nitrogens with zero attached hydrogens (tertiary/aromatic N) is 1. The molecular formula is C14H17F3N2OS. The van der Waals surface area contributed by atoms with Gasteiger partial charge in [0.25, 0.3) is 5.91 Å². The lowest BCUT2D eigenvalue weighted by atomic mass is 10.1. The molecule has 1 heterocycles. The molecule has 116 valence electrons. The summed E-state index contributed by atoms with van der Waals surface area (Å²) in [6, 6.07) is 2.89. The molecule has 2 N–H and O–H groups in total. The minimum atomic E-state index is -4.48. The molecule has 0 saturated carbocycles. The molecule has 1 saturated heterocycles. The lowest BCUT2D eigenvalue weighted by Gasteiger charge is -2.32. The van der Waals surface area contributed by atoms with E-state index < -0.39 is 17.6 Å². The standard InChI is InChI=1S/C14H17F3N2OS/c1-2-10-8-19(5-6-21-10)13(20)11-7-9(14(15,16)17)3-4-12(11)18/h3-4,7,10H,2,5-6,8,18H2,1H3. The van der Waals surface area contributed by atoms with Gasteiger partial charge in [-0.15, -0.1) is 0 Å². The average molecular weight is 318 g/mol. The minimum Gasteiger partial charge on any atom is -0.398 e. The SMILES string of the molecule is CCC1CN(C(=O)c2cc(C(F)(F)F)ccc2N)CCS1. The van der Waals surface area contributed by atoms with Crippen LogP contribution in [0.25, 0.3) is 0 Å². The second kappa shape index (κ2) is 6.17. The van der Waals surface area contributed by atoms with Crippen LogP contribution in [0.4, 0.5) is 18.9 Å².